The lowest BCUT2D eigenvalue weighted by molar-refractivity contribution is 0.0531. The van der Waals surface area contributed by atoms with E-state index in [0.29, 0.717) is 32.4 Å². The maximum absolute atomic E-state index is 13.3. The summed E-state index contributed by atoms with van der Waals surface area (Å²) >= 11 is 2.44. The average Bonchev–Trinajstić information content (AvgIpc) is 3.03. The number of hydrogen-bond donors (Lipinski definition) is 0. The van der Waals surface area contributed by atoms with E-state index in [4.69, 9.17) is 10.00 Å². The average molecular weight is 418 g/mol. The minimum atomic E-state index is -0.424. The van der Waals surface area contributed by atoms with Crippen molar-refractivity contribution in [2.45, 2.75) is 57.7 Å². The summed E-state index contributed by atoms with van der Waals surface area (Å²) < 4.78 is 6.77. The lowest BCUT2D eigenvalue weighted by Crippen LogP contribution is -2.24. The smallest absolute Gasteiger partial charge is 0.348 e. The van der Waals surface area contributed by atoms with Gasteiger partial charge < -0.3 is 4.74 Å². The molecule has 2 aromatic heterocycles. The fraction of sp³-hybridized carbons (Fsp3) is 0.500. The van der Waals surface area contributed by atoms with Crippen molar-refractivity contribution in [1.29, 1.82) is 5.26 Å². The van der Waals surface area contributed by atoms with Gasteiger partial charge in [0.05, 0.1) is 23.8 Å². The highest BCUT2D eigenvalue weighted by molar-refractivity contribution is 7.99. The van der Waals surface area contributed by atoms with E-state index in [1.165, 1.54) is 41.5 Å². The molecule has 28 heavy (non-hydrogen) atoms. The van der Waals surface area contributed by atoms with Gasteiger partial charge in [-0.25, -0.2) is 9.78 Å². The van der Waals surface area contributed by atoms with Crippen LogP contribution in [0.15, 0.2) is 21.6 Å². The fourth-order valence-electron chi connectivity index (χ4n) is 3.38. The molecule has 0 aromatic carbocycles. The molecule has 0 bridgehead atoms. The van der Waals surface area contributed by atoms with E-state index in [0.717, 1.165) is 19.3 Å². The Morgan fingerprint density at radius 1 is 1.46 bits per heavy atom. The first kappa shape index (κ1) is 20.6. The largest absolute Gasteiger partial charge is 0.462 e. The minimum Gasteiger partial charge on any atom is -0.462 e. The Kier molecular flexibility index (Phi) is 6.92. The number of thiophene rings is 1. The van der Waals surface area contributed by atoms with Crippen LogP contribution in [-0.2, 0) is 11.3 Å². The molecule has 0 amide bonds. The van der Waals surface area contributed by atoms with Gasteiger partial charge in [0.1, 0.15) is 9.71 Å². The molecule has 0 fully saturated rings. The molecule has 0 saturated heterocycles. The summed E-state index contributed by atoms with van der Waals surface area (Å²) in [4.78, 5) is 31.1. The normalized spacial score (nSPS) is 14.0. The first-order valence-electron chi connectivity index (χ1n) is 9.45. The summed E-state index contributed by atoms with van der Waals surface area (Å²) in [6.45, 7) is 4.33. The molecule has 0 radical (unpaired) electrons. The van der Waals surface area contributed by atoms with Gasteiger partial charge in [-0.3, -0.25) is 9.36 Å². The third-order valence-electron chi connectivity index (χ3n) is 4.78. The monoisotopic (exact) mass is 417 g/mol. The van der Waals surface area contributed by atoms with Crippen LogP contribution in [0.2, 0.25) is 0 Å². The summed E-state index contributed by atoms with van der Waals surface area (Å²) in [6.07, 6.45) is 7.68. The Hall–Kier alpha value is -2.11. The molecular formula is C20H23N3O3S2. The summed E-state index contributed by atoms with van der Waals surface area (Å²) in [6, 6.07) is 2.09. The Morgan fingerprint density at radius 2 is 2.29 bits per heavy atom. The third kappa shape index (κ3) is 4.31. The summed E-state index contributed by atoms with van der Waals surface area (Å²) in [5, 5.41) is 9.97. The fourth-order valence-corrected chi connectivity index (χ4v) is 5.18. The number of esters is 1. The van der Waals surface area contributed by atoms with E-state index in [2.05, 4.69) is 17.1 Å². The minimum absolute atomic E-state index is 0.147. The molecule has 1 aliphatic rings. The number of aryl methyl sites for hydroxylation is 1. The second kappa shape index (κ2) is 9.39. The van der Waals surface area contributed by atoms with Crippen molar-refractivity contribution in [3.05, 3.63) is 32.4 Å². The standard InChI is InChI=1S/C20H23N3O3S2/c1-3-26-19(25)16-13(2)15-17(28-16)22-20(27-12-10-21)23(18(15)24)11-9-14-7-5-4-6-8-14/h7H,3-6,8-9,11-12H2,1-2H3. The van der Waals surface area contributed by atoms with Crippen LogP contribution in [0.25, 0.3) is 10.2 Å². The molecule has 0 aliphatic heterocycles. The number of ether oxygens (including phenoxy) is 1. The van der Waals surface area contributed by atoms with Gasteiger partial charge in [-0.1, -0.05) is 23.4 Å². The third-order valence-corrected chi connectivity index (χ3v) is 6.79. The van der Waals surface area contributed by atoms with Crippen molar-refractivity contribution in [1.82, 2.24) is 9.55 Å². The number of nitrogens with zero attached hydrogens (tertiary/aromatic N) is 3. The molecular weight excluding hydrogens is 394 g/mol. The van der Waals surface area contributed by atoms with Gasteiger partial charge in [-0.05, 0) is 51.5 Å². The van der Waals surface area contributed by atoms with Crippen LogP contribution >= 0.6 is 23.1 Å². The predicted octanol–water partition coefficient (Wildman–Crippen LogP) is 4.45. The molecule has 8 heteroatoms. The summed E-state index contributed by atoms with van der Waals surface area (Å²) in [5.74, 6) is -0.206. The second-order valence-corrected chi connectivity index (χ2v) is 8.55. The van der Waals surface area contributed by atoms with Crippen molar-refractivity contribution in [2.75, 3.05) is 12.4 Å². The predicted molar refractivity (Wildman–Crippen MR) is 112 cm³/mol. The first-order chi connectivity index (χ1) is 13.6. The van der Waals surface area contributed by atoms with Crippen LogP contribution < -0.4 is 5.56 Å². The molecule has 0 spiro atoms. The number of nitriles is 1. The number of hydrogen-bond acceptors (Lipinski definition) is 7. The summed E-state index contributed by atoms with van der Waals surface area (Å²) in [5.41, 5.74) is 1.85. The molecule has 0 N–H and O–H groups in total. The number of rotatable bonds is 7. The molecule has 2 aromatic rings. The lowest BCUT2D eigenvalue weighted by Gasteiger charge is -2.15. The number of carbonyl (C=O) groups excluding carboxylic acids is 1. The Balaban J connectivity index is 2.03. The van der Waals surface area contributed by atoms with E-state index < -0.39 is 5.97 Å². The van der Waals surface area contributed by atoms with Gasteiger partial charge in [0, 0.05) is 6.54 Å². The first-order valence-corrected chi connectivity index (χ1v) is 11.3. The topological polar surface area (TPSA) is 85.0 Å². The van der Waals surface area contributed by atoms with Crippen molar-refractivity contribution in [2.24, 2.45) is 0 Å². The van der Waals surface area contributed by atoms with Crippen LogP contribution in [0.4, 0.5) is 0 Å². The van der Waals surface area contributed by atoms with Crippen molar-refractivity contribution in [3.8, 4) is 6.07 Å². The lowest BCUT2D eigenvalue weighted by atomic mass is 9.97. The maximum atomic E-state index is 13.3. The van der Waals surface area contributed by atoms with Crippen LogP contribution in [0.1, 0.15) is 54.3 Å². The van der Waals surface area contributed by atoms with Crippen LogP contribution in [0.5, 0.6) is 0 Å². The van der Waals surface area contributed by atoms with E-state index in [1.807, 2.05) is 0 Å². The number of fused-ring (bicyclic) bond motifs is 1. The highest BCUT2D eigenvalue weighted by Gasteiger charge is 2.22. The van der Waals surface area contributed by atoms with Crippen molar-refractivity contribution < 1.29 is 9.53 Å². The van der Waals surface area contributed by atoms with Gasteiger partial charge in [-0.2, -0.15) is 5.26 Å². The van der Waals surface area contributed by atoms with Gasteiger partial charge in [0.25, 0.3) is 5.56 Å². The van der Waals surface area contributed by atoms with Crippen LogP contribution in [0.3, 0.4) is 0 Å². The number of aromatic nitrogens is 2. The number of allylic oxidation sites excluding steroid dienone is 2. The molecule has 3 rings (SSSR count). The molecule has 6 nitrogen and oxygen atoms in total. The number of carbonyl (C=O) groups is 1. The van der Waals surface area contributed by atoms with E-state index in [1.54, 1.807) is 18.4 Å². The van der Waals surface area contributed by atoms with Crippen molar-refractivity contribution >= 4 is 39.3 Å². The highest BCUT2D eigenvalue weighted by atomic mass is 32.2. The Bertz CT molecular complexity index is 1010. The molecule has 0 saturated carbocycles. The van der Waals surface area contributed by atoms with E-state index >= 15 is 0 Å². The van der Waals surface area contributed by atoms with Gasteiger partial charge >= 0.3 is 5.97 Å². The highest BCUT2D eigenvalue weighted by Crippen LogP contribution is 2.30. The van der Waals surface area contributed by atoms with Gasteiger partial charge in [0.15, 0.2) is 5.16 Å². The Labute approximate surface area is 172 Å². The molecule has 148 valence electrons. The molecule has 0 atom stereocenters. The Morgan fingerprint density at radius 3 is 2.96 bits per heavy atom. The van der Waals surface area contributed by atoms with E-state index in [-0.39, 0.29) is 17.9 Å². The number of thioether (sulfide) groups is 1. The van der Waals surface area contributed by atoms with Gasteiger partial charge in [0.2, 0.25) is 0 Å². The second-order valence-electron chi connectivity index (χ2n) is 6.61. The summed E-state index contributed by atoms with van der Waals surface area (Å²) in [7, 11) is 0. The quantitative estimate of drug-likeness (QED) is 0.286. The van der Waals surface area contributed by atoms with E-state index in [9.17, 15) is 9.59 Å². The SMILES string of the molecule is CCOC(=O)c1sc2nc(SCC#N)n(CCC3=CCCCC3)c(=O)c2c1C. The zero-order valence-corrected chi connectivity index (χ0v) is 17.8. The molecule has 2 heterocycles. The molecule has 1 aliphatic carbocycles. The van der Waals surface area contributed by atoms with Gasteiger partial charge in [-0.15, -0.1) is 11.3 Å². The molecule has 0 unspecified atom stereocenters. The van der Waals surface area contributed by atoms with Crippen LogP contribution in [-0.4, -0.2) is 27.9 Å². The zero-order chi connectivity index (χ0) is 20.1. The zero-order valence-electron chi connectivity index (χ0n) is 16.1. The van der Waals surface area contributed by atoms with Crippen molar-refractivity contribution in [3.63, 3.8) is 0 Å². The maximum Gasteiger partial charge on any atom is 0.348 e. The van der Waals surface area contributed by atoms with Crippen LogP contribution in [0, 0.1) is 18.3 Å².